The van der Waals surface area contributed by atoms with E-state index in [2.05, 4.69) is 10.3 Å². The molecule has 0 spiro atoms. The molecule has 3 rings (SSSR count). The molecule has 0 aliphatic rings. The van der Waals surface area contributed by atoms with E-state index in [0.717, 1.165) is 22.7 Å². The number of thiazole rings is 1. The van der Waals surface area contributed by atoms with E-state index in [1.807, 2.05) is 18.2 Å². The van der Waals surface area contributed by atoms with Gasteiger partial charge in [0.25, 0.3) is 5.91 Å². The number of halogens is 3. The predicted octanol–water partition coefficient (Wildman–Crippen LogP) is 4.61. The zero-order valence-electron chi connectivity index (χ0n) is 15.0. The van der Waals surface area contributed by atoms with Gasteiger partial charge in [-0.05, 0) is 18.2 Å². The van der Waals surface area contributed by atoms with Crippen LogP contribution in [0.1, 0.15) is 22.5 Å². The Labute approximate surface area is 174 Å². The number of ether oxygens (including phenoxy) is 1. The largest absolute Gasteiger partial charge is 0.459 e. The van der Waals surface area contributed by atoms with Crippen LogP contribution >= 0.6 is 22.9 Å². The van der Waals surface area contributed by atoms with Crippen molar-refractivity contribution in [1.29, 1.82) is 0 Å². The first kappa shape index (κ1) is 20.9. The number of carbonyl (C=O) groups excluding carboxylic acids is 2. The van der Waals surface area contributed by atoms with Crippen molar-refractivity contribution in [2.75, 3.05) is 6.54 Å². The summed E-state index contributed by atoms with van der Waals surface area (Å²) in [6.07, 6.45) is -0.101. The molecular formula is C20H15ClF2N2O3S. The number of carbonyl (C=O) groups is 2. The quantitative estimate of drug-likeness (QED) is 0.549. The summed E-state index contributed by atoms with van der Waals surface area (Å²) in [7, 11) is 0. The third kappa shape index (κ3) is 5.58. The summed E-state index contributed by atoms with van der Waals surface area (Å²) in [4.78, 5) is 28.1. The highest BCUT2D eigenvalue weighted by molar-refractivity contribution is 7.13. The maximum absolute atomic E-state index is 13.5. The minimum Gasteiger partial charge on any atom is -0.459 e. The number of amides is 1. The number of nitrogens with one attached hydrogen (secondary N) is 1. The van der Waals surface area contributed by atoms with Crippen molar-refractivity contribution in [3.63, 3.8) is 0 Å². The maximum atomic E-state index is 13.5. The second-order valence-corrected chi connectivity index (χ2v) is 7.18. The molecule has 0 unspecified atom stereocenters. The van der Waals surface area contributed by atoms with E-state index in [1.54, 1.807) is 11.4 Å². The van der Waals surface area contributed by atoms with Gasteiger partial charge >= 0.3 is 5.97 Å². The second kappa shape index (κ2) is 9.58. The van der Waals surface area contributed by atoms with Gasteiger partial charge in [0.15, 0.2) is 0 Å². The third-order valence-corrected chi connectivity index (χ3v) is 5.08. The van der Waals surface area contributed by atoms with Crippen LogP contribution in [0.5, 0.6) is 0 Å². The molecule has 1 N–H and O–H groups in total. The standard InChI is InChI=1S/C20H15ClF2N2O3S/c21-16-4-2-1-3-14(16)20-25-13(11-29-20)10-28-18(26)7-8-24-19(27)15-6-5-12(22)9-17(15)23/h1-6,9,11H,7-8,10H2,(H,24,27). The van der Waals surface area contributed by atoms with Gasteiger partial charge < -0.3 is 10.1 Å². The summed E-state index contributed by atoms with van der Waals surface area (Å²) in [6, 6.07) is 9.94. The minimum absolute atomic E-state index is 0.0136. The van der Waals surface area contributed by atoms with Crippen molar-refractivity contribution >= 4 is 34.8 Å². The molecule has 150 valence electrons. The summed E-state index contributed by atoms with van der Waals surface area (Å²) >= 11 is 7.53. The Balaban J connectivity index is 1.45. The van der Waals surface area contributed by atoms with Crippen molar-refractivity contribution in [2.45, 2.75) is 13.0 Å². The van der Waals surface area contributed by atoms with Gasteiger partial charge in [0.05, 0.1) is 22.7 Å². The normalized spacial score (nSPS) is 10.6. The number of hydrogen-bond donors (Lipinski definition) is 1. The molecule has 3 aromatic rings. The molecule has 1 heterocycles. The van der Waals surface area contributed by atoms with E-state index in [4.69, 9.17) is 16.3 Å². The number of aromatic nitrogens is 1. The molecule has 0 fully saturated rings. The molecule has 0 bridgehead atoms. The van der Waals surface area contributed by atoms with Crippen LogP contribution in [-0.4, -0.2) is 23.4 Å². The van der Waals surface area contributed by atoms with Crippen LogP contribution in [0.2, 0.25) is 5.02 Å². The molecule has 1 aromatic heterocycles. The lowest BCUT2D eigenvalue weighted by molar-refractivity contribution is -0.144. The number of hydrogen-bond acceptors (Lipinski definition) is 5. The van der Waals surface area contributed by atoms with E-state index >= 15 is 0 Å². The van der Waals surface area contributed by atoms with Gasteiger partial charge in [-0.15, -0.1) is 11.3 Å². The van der Waals surface area contributed by atoms with E-state index in [9.17, 15) is 18.4 Å². The topological polar surface area (TPSA) is 68.3 Å². The zero-order chi connectivity index (χ0) is 20.8. The Kier molecular flexibility index (Phi) is 6.90. The van der Waals surface area contributed by atoms with E-state index in [0.29, 0.717) is 16.8 Å². The predicted molar refractivity (Wildman–Crippen MR) is 106 cm³/mol. The Bertz CT molecular complexity index is 1040. The lowest BCUT2D eigenvalue weighted by Gasteiger charge is -2.06. The first-order valence-electron chi connectivity index (χ1n) is 8.52. The average molecular weight is 437 g/mol. The van der Waals surface area contributed by atoms with Gasteiger partial charge in [-0.2, -0.15) is 0 Å². The summed E-state index contributed by atoms with van der Waals surface area (Å²) < 4.78 is 31.5. The molecule has 0 aliphatic carbocycles. The van der Waals surface area contributed by atoms with Crippen LogP contribution in [0.25, 0.3) is 10.6 Å². The third-order valence-electron chi connectivity index (χ3n) is 3.83. The number of benzene rings is 2. The van der Waals surface area contributed by atoms with Crippen molar-refractivity contribution in [3.05, 3.63) is 75.8 Å². The molecule has 0 radical (unpaired) electrons. The van der Waals surface area contributed by atoms with E-state index in [1.165, 1.54) is 11.3 Å². The molecule has 29 heavy (non-hydrogen) atoms. The molecule has 5 nitrogen and oxygen atoms in total. The summed E-state index contributed by atoms with van der Waals surface area (Å²) in [5, 5.41) is 5.46. The maximum Gasteiger partial charge on any atom is 0.307 e. The fourth-order valence-electron chi connectivity index (χ4n) is 2.41. The molecule has 0 aliphatic heterocycles. The van der Waals surface area contributed by atoms with Gasteiger partial charge in [-0.3, -0.25) is 9.59 Å². The van der Waals surface area contributed by atoms with Gasteiger partial charge in [0.2, 0.25) is 0 Å². The van der Waals surface area contributed by atoms with Gasteiger partial charge in [-0.1, -0.05) is 29.8 Å². The van der Waals surface area contributed by atoms with Crippen molar-refractivity contribution < 1.29 is 23.1 Å². The van der Waals surface area contributed by atoms with Crippen LogP contribution < -0.4 is 5.32 Å². The van der Waals surface area contributed by atoms with Crippen LogP contribution in [-0.2, 0) is 16.1 Å². The van der Waals surface area contributed by atoms with Crippen molar-refractivity contribution in [2.24, 2.45) is 0 Å². The first-order chi connectivity index (χ1) is 13.9. The number of nitrogens with zero attached hydrogens (tertiary/aromatic N) is 1. The SMILES string of the molecule is O=C(CCNC(=O)c1ccc(F)cc1F)OCc1csc(-c2ccccc2Cl)n1. The molecule has 0 atom stereocenters. The first-order valence-corrected chi connectivity index (χ1v) is 9.78. The number of rotatable bonds is 7. The highest BCUT2D eigenvalue weighted by atomic mass is 35.5. The van der Waals surface area contributed by atoms with Crippen LogP contribution in [0.3, 0.4) is 0 Å². The monoisotopic (exact) mass is 436 g/mol. The highest BCUT2D eigenvalue weighted by Crippen LogP contribution is 2.30. The Morgan fingerprint density at radius 2 is 1.97 bits per heavy atom. The molecule has 9 heteroatoms. The van der Waals surface area contributed by atoms with Gasteiger partial charge in [0, 0.05) is 23.6 Å². The Morgan fingerprint density at radius 3 is 2.72 bits per heavy atom. The van der Waals surface area contributed by atoms with Gasteiger partial charge in [-0.25, -0.2) is 13.8 Å². The fourth-order valence-corrected chi connectivity index (χ4v) is 3.53. The number of esters is 1. The van der Waals surface area contributed by atoms with Crippen LogP contribution in [0.4, 0.5) is 8.78 Å². The zero-order valence-corrected chi connectivity index (χ0v) is 16.5. The van der Waals surface area contributed by atoms with E-state index in [-0.39, 0.29) is 25.1 Å². The molecule has 0 saturated carbocycles. The summed E-state index contributed by atoms with van der Waals surface area (Å²) in [5.41, 5.74) is 1.08. The van der Waals surface area contributed by atoms with Crippen molar-refractivity contribution in [3.8, 4) is 10.6 Å². The van der Waals surface area contributed by atoms with Crippen LogP contribution in [0.15, 0.2) is 47.8 Å². The lowest BCUT2D eigenvalue weighted by Crippen LogP contribution is -2.27. The Hall–Kier alpha value is -2.84. The average Bonchev–Trinajstić information content (AvgIpc) is 3.15. The molecule has 2 aromatic carbocycles. The Morgan fingerprint density at radius 1 is 1.17 bits per heavy atom. The lowest BCUT2D eigenvalue weighted by atomic mass is 10.2. The van der Waals surface area contributed by atoms with E-state index < -0.39 is 23.5 Å². The highest BCUT2D eigenvalue weighted by Gasteiger charge is 2.13. The second-order valence-electron chi connectivity index (χ2n) is 5.91. The van der Waals surface area contributed by atoms with Crippen LogP contribution in [0, 0.1) is 11.6 Å². The fraction of sp³-hybridized carbons (Fsp3) is 0.150. The molecule has 1 amide bonds. The summed E-state index contributed by atoms with van der Waals surface area (Å²) in [6.45, 7) is -0.0588. The molecular weight excluding hydrogens is 422 g/mol. The molecule has 0 saturated heterocycles. The minimum atomic E-state index is -0.970. The van der Waals surface area contributed by atoms with Gasteiger partial charge in [0.1, 0.15) is 23.2 Å². The smallest absolute Gasteiger partial charge is 0.307 e. The summed E-state index contributed by atoms with van der Waals surface area (Å²) in [5.74, 6) is -3.03. The van der Waals surface area contributed by atoms with Crippen molar-refractivity contribution in [1.82, 2.24) is 10.3 Å².